The molecule has 1 heterocycles. The molecule has 0 radical (unpaired) electrons. The van der Waals surface area contributed by atoms with Crippen LogP contribution in [-0.4, -0.2) is 46.5 Å². The Labute approximate surface area is 100 Å². The maximum absolute atomic E-state index is 9.27. The molecule has 0 aromatic carbocycles. The lowest BCUT2D eigenvalue weighted by Crippen LogP contribution is -2.23. The van der Waals surface area contributed by atoms with Crippen LogP contribution < -0.4 is 10.6 Å². The Morgan fingerprint density at radius 2 is 2.12 bits per heavy atom. The monoisotopic (exact) mass is 238 g/mol. The van der Waals surface area contributed by atoms with Gasteiger partial charge in [0.15, 0.2) is 0 Å². The van der Waals surface area contributed by atoms with Gasteiger partial charge in [0.05, 0.1) is 12.7 Å². The molecule has 1 unspecified atom stereocenters. The molecule has 4 N–H and O–H groups in total. The van der Waals surface area contributed by atoms with E-state index < -0.39 is 6.10 Å². The standard InChI is InChI=1S/C11H18N4O2/c1-12-9-4-10(13-5-8(17)6-16)15-11(14-9)7-2-3-7/h4,7-8,16-17H,2-3,5-6H2,1H3,(H2,12,13,14,15). The van der Waals surface area contributed by atoms with Gasteiger partial charge in [0, 0.05) is 25.6 Å². The van der Waals surface area contributed by atoms with Gasteiger partial charge in [-0.15, -0.1) is 0 Å². The van der Waals surface area contributed by atoms with E-state index in [0.29, 0.717) is 11.7 Å². The van der Waals surface area contributed by atoms with E-state index in [0.717, 1.165) is 24.5 Å². The van der Waals surface area contributed by atoms with Gasteiger partial charge in [0.1, 0.15) is 17.5 Å². The molecule has 0 bridgehead atoms. The third kappa shape index (κ3) is 3.28. The summed E-state index contributed by atoms with van der Waals surface area (Å²) in [5.74, 6) is 2.77. The molecular weight excluding hydrogens is 220 g/mol. The van der Waals surface area contributed by atoms with Gasteiger partial charge in [0.25, 0.3) is 0 Å². The topological polar surface area (TPSA) is 90.3 Å². The van der Waals surface area contributed by atoms with E-state index in [-0.39, 0.29) is 13.2 Å². The second-order valence-electron chi connectivity index (χ2n) is 4.24. The van der Waals surface area contributed by atoms with Crippen LogP contribution in [0.5, 0.6) is 0 Å². The Kier molecular flexibility index (Phi) is 3.75. The first-order valence-electron chi connectivity index (χ1n) is 5.82. The Balaban J connectivity index is 2.06. The molecule has 0 spiro atoms. The summed E-state index contributed by atoms with van der Waals surface area (Å²) in [5.41, 5.74) is 0. The minimum Gasteiger partial charge on any atom is -0.394 e. The van der Waals surface area contributed by atoms with E-state index in [1.807, 2.05) is 7.05 Å². The van der Waals surface area contributed by atoms with E-state index in [1.165, 1.54) is 0 Å². The molecule has 2 rings (SSSR count). The Morgan fingerprint density at radius 3 is 2.71 bits per heavy atom. The quantitative estimate of drug-likeness (QED) is 0.564. The number of rotatable bonds is 6. The fraction of sp³-hybridized carbons (Fsp3) is 0.636. The van der Waals surface area contributed by atoms with Crippen LogP contribution in [-0.2, 0) is 0 Å². The highest BCUT2D eigenvalue weighted by Gasteiger charge is 2.27. The molecular formula is C11H18N4O2. The van der Waals surface area contributed by atoms with Crippen molar-refractivity contribution >= 4 is 11.6 Å². The Bertz CT molecular complexity index is 382. The number of hydrogen-bond donors (Lipinski definition) is 4. The van der Waals surface area contributed by atoms with E-state index >= 15 is 0 Å². The van der Waals surface area contributed by atoms with Gasteiger partial charge < -0.3 is 20.8 Å². The van der Waals surface area contributed by atoms with E-state index in [1.54, 1.807) is 6.07 Å². The number of nitrogens with one attached hydrogen (secondary N) is 2. The normalized spacial score (nSPS) is 16.6. The summed E-state index contributed by atoms with van der Waals surface area (Å²) in [4.78, 5) is 8.78. The first-order valence-corrected chi connectivity index (χ1v) is 5.82. The van der Waals surface area contributed by atoms with Gasteiger partial charge in [-0.3, -0.25) is 0 Å². The minimum atomic E-state index is -0.771. The van der Waals surface area contributed by atoms with Crippen molar-refractivity contribution in [2.45, 2.75) is 24.9 Å². The molecule has 1 aromatic rings. The highest BCUT2D eigenvalue weighted by atomic mass is 16.3. The second-order valence-corrected chi connectivity index (χ2v) is 4.24. The largest absolute Gasteiger partial charge is 0.394 e. The summed E-state index contributed by atoms with van der Waals surface area (Å²) in [5, 5.41) is 24.0. The van der Waals surface area contributed by atoms with Crippen LogP contribution in [0.25, 0.3) is 0 Å². The van der Waals surface area contributed by atoms with Gasteiger partial charge >= 0.3 is 0 Å². The Hall–Kier alpha value is -1.40. The molecule has 0 saturated heterocycles. The molecule has 1 saturated carbocycles. The molecule has 1 aliphatic carbocycles. The zero-order valence-corrected chi connectivity index (χ0v) is 9.85. The molecule has 6 nitrogen and oxygen atoms in total. The number of anilines is 2. The van der Waals surface area contributed by atoms with Crippen LogP contribution in [0.4, 0.5) is 11.6 Å². The fourth-order valence-electron chi connectivity index (χ4n) is 1.50. The second kappa shape index (κ2) is 5.29. The van der Waals surface area contributed by atoms with Gasteiger partial charge in [0.2, 0.25) is 0 Å². The zero-order chi connectivity index (χ0) is 12.3. The van der Waals surface area contributed by atoms with E-state index in [4.69, 9.17) is 5.11 Å². The summed E-state index contributed by atoms with van der Waals surface area (Å²) in [6, 6.07) is 1.79. The van der Waals surface area contributed by atoms with Crippen molar-refractivity contribution in [1.29, 1.82) is 0 Å². The summed E-state index contributed by atoms with van der Waals surface area (Å²) >= 11 is 0. The zero-order valence-electron chi connectivity index (χ0n) is 9.85. The molecule has 1 aromatic heterocycles. The number of nitrogens with zero attached hydrogens (tertiary/aromatic N) is 2. The first-order chi connectivity index (χ1) is 8.22. The van der Waals surface area contributed by atoms with Crippen LogP contribution in [0.3, 0.4) is 0 Å². The van der Waals surface area contributed by atoms with Gasteiger partial charge in [-0.2, -0.15) is 0 Å². The molecule has 1 atom stereocenters. The number of hydrogen-bond acceptors (Lipinski definition) is 6. The highest BCUT2D eigenvalue weighted by Crippen LogP contribution is 2.38. The van der Waals surface area contributed by atoms with Crippen LogP contribution in [0.15, 0.2) is 6.07 Å². The van der Waals surface area contributed by atoms with Crippen molar-refractivity contribution in [2.75, 3.05) is 30.8 Å². The Morgan fingerprint density at radius 1 is 1.41 bits per heavy atom. The lowest BCUT2D eigenvalue weighted by molar-refractivity contribution is 0.105. The third-order valence-corrected chi connectivity index (χ3v) is 2.67. The number of aromatic nitrogens is 2. The summed E-state index contributed by atoms with van der Waals surface area (Å²) in [7, 11) is 1.81. The maximum Gasteiger partial charge on any atom is 0.136 e. The van der Waals surface area contributed by atoms with E-state index in [9.17, 15) is 5.11 Å². The third-order valence-electron chi connectivity index (χ3n) is 2.67. The predicted molar refractivity (Wildman–Crippen MR) is 65.1 cm³/mol. The molecule has 0 aliphatic heterocycles. The molecule has 17 heavy (non-hydrogen) atoms. The van der Waals surface area contributed by atoms with Crippen molar-refractivity contribution in [1.82, 2.24) is 9.97 Å². The van der Waals surface area contributed by atoms with Crippen molar-refractivity contribution in [3.8, 4) is 0 Å². The first kappa shape index (κ1) is 12.1. The van der Waals surface area contributed by atoms with Crippen LogP contribution in [0, 0.1) is 0 Å². The van der Waals surface area contributed by atoms with Crippen LogP contribution >= 0.6 is 0 Å². The van der Waals surface area contributed by atoms with Crippen molar-refractivity contribution in [2.24, 2.45) is 0 Å². The van der Waals surface area contributed by atoms with Crippen molar-refractivity contribution in [3.63, 3.8) is 0 Å². The van der Waals surface area contributed by atoms with Crippen LogP contribution in [0.1, 0.15) is 24.6 Å². The average molecular weight is 238 g/mol. The minimum absolute atomic E-state index is 0.257. The maximum atomic E-state index is 9.27. The van der Waals surface area contributed by atoms with Gasteiger partial charge in [-0.1, -0.05) is 0 Å². The average Bonchev–Trinajstić information content (AvgIpc) is 3.19. The van der Waals surface area contributed by atoms with Gasteiger partial charge in [-0.05, 0) is 12.8 Å². The van der Waals surface area contributed by atoms with Crippen molar-refractivity contribution < 1.29 is 10.2 Å². The lowest BCUT2D eigenvalue weighted by Gasteiger charge is -2.11. The van der Waals surface area contributed by atoms with Gasteiger partial charge in [-0.25, -0.2) is 9.97 Å². The summed E-state index contributed by atoms with van der Waals surface area (Å²) < 4.78 is 0. The summed E-state index contributed by atoms with van der Waals surface area (Å²) in [6.07, 6.45) is 1.52. The summed E-state index contributed by atoms with van der Waals surface area (Å²) in [6.45, 7) is 0.0211. The molecule has 1 fully saturated rings. The molecule has 94 valence electrons. The molecule has 1 aliphatic rings. The van der Waals surface area contributed by atoms with E-state index in [2.05, 4.69) is 20.6 Å². The SMILES string of the molecule is CNc1cc(NCC(O)CO)nc(C2CC2)n1. The lowest BCUT2D eigenvalue weighted by atomic mass is 10.3. The van der Waals surface area contributed by atoms with Crippen molar-refractivity contribution in [3.05, 3.63) is 11.9 Å². The molecule has 6 heteroatoms. The number of aliphatic hydroxyl groups is 2. The van der Waals surface area contributed by atoms with Crippen LogP contribution in [0.2, 0.25) is 0 Å². The fourth-order valence-corrected chi connectivity index (χ4v) is 1.50. The predicted octanol–water partition coefficient (Wildman–Crippen LogP) is 0.161. The highest BCUT2D eigenvalue weighted by molar-refractivity contribution is 5.47. The smallest absolute Gasteiger partial charge is 0.136 e. The number of aliphatic hydroxyl groups excluding tert-OH is 2. The molecule has 0 amide bonds.